The number of rotatable bonds is 7. The normalized spacial score (nSPS) is 12.2. The Morgan fingerprint density at radius 3 is 2.68 bits per heavy atom. The highest BCUT2D eigenvalue weighted by Crippen LogP contribution is 2.39. The number of nitriles is 1. The quantitative estimate of drug-likeness (QED) is 0.225. The number of anilines is 1. The number of nitrogens with zero attached hydrogens (tertiary/aromatic N) is 2. The second-order valence-corrected chi connectivity index (χ2v) is 7.48. The van der Waals surface area contributed by atoms with Crippen LogP contribution in [0.4, 0.5) is 10.7 Å². The minimum atomic E-state index is -0.815. The van der Waals surface area contributed by atoms with Crippen LogP contribution in [0.5, 0.6) is 11.5 Å². The topological polar surface area (TPSA) is 141 Å². The van der Waals surface area contributed by atoms with Crippen molar-refractivity contribution in [2.24, 2.45) is 0 Å². The SMILES string of the molecule is CCCc1cc(C(=O)OC)c(NC(=O)/C(C#N)=C/c2cc3c(cc2[N+](=O)[O-])OCO3)s1. The first-order chi connectivity index (χ1) is 14.9. The molecule has 2 heterocycles. The van der Waals surface area contributed by atoms with Gasteiger partial charge in [0.1, 0.15) is 16.6 Å². The van der Waals surface area contributed by atoms with Crippen LogP contribution in [0.2, 0.25) is 0 Å². The molecule has 0 fully saturated rings. The molecule has 0 atom stereocenters. The van der Waals surface area contributed by atoms with Gasteiger partial charge in [0.25, 0.3) is 11.6 Å². The summed E-state index contributed by atoms with van der Waals surface area (Å²) in [6, 6.07) is 5.88. The fourth-order valence-corrected chi connectivity index (χ4v) is 4.00. The maximum absolute atomic E-state index is 12.7. The number of aryl methyl sites for hydroxylation is 1. The maximum atomic E-state index is 12.7. The van der Waals surface area contributed by atoms with Crippen LogP contribution in [0.15, 0.2) is 23.8 Å². The smallest absolute Gasteiger partial charge is 0.340 e. The van der Waals surface area contributed by atoms with Crippen molar-refractivity contribution in [2.75, 3.05) is 19.2 Å². The number of benzene rings is 1. The number of methoxy groups -OCH3 is 1. The summed E-state index contributed by atoms with van der Waals surface area (Å²) in [4.78, 5) is 36.4. The average Bonchev–Trinajstić information content (AvgIpc) is 3.37. The van der Waals surface area contributed by atoms with Gasteiger partial charge < -0.3 is 19.5 Å². The van der Waals surface area contributed by atoms with Crippen LogP contribution in [0.1, 0.15) is 34.1 Å². The first kappa shape index (κ1) is 21.8. The van der Waals surface area contributed by atoms with E-state index in [0.717, 1.165) is 17.4 Å². The van der Waals surface area contributed by atoms with Crippen LogP contribution in [-0.4, -0.2) is 30.7 Å². The standard InChI is InChI=1S/C20H17N3O7S/c1-3-4-13-7-14(20(25)28-2)19(31-13)22-18(24)12(9-21)5-11-6-16-17(30-10-29-16)8-15(11)23(26)27/h5-8H,3-4,10H2,1-2H3,(H,22,24)/b12-5+. The number of nitrogens with one attached hydrogen (secondary N) is 1. The van der Waals surface area contributed by atoms with Gasteiger partial charge in [-0.1, -0.05) is 13.3 Å². The first-order valence-electron chi connectivity index (χ1n) is 9.10. The molecule has 2 aromatic rings. The Bertz CT molecular complexity index is 1130. The Morgan fingerprint density at radius 1 is 1.35 bits per heavy atom. The lowest BCUT2D eigenvalue weighted by molar-refractivity contribution is -0.385. The number of carbonyl (C=O) groups excluding carboxylic acids is 2. The van der Waals surface area contributed by atoms with E-state index in [1.54, 1.807) is 12.1 Å². The zero-order valence-electron chi connectivity index (χ0n) is 16.6. The first-order valence-corrected chi connectivity index (χ1v) is 9.91. The van der Waals surface area contributed by atoms with E-state index < -0.39 is 16.8 Å². The molecular weight excluding hydrogens is 426 g/mol. The van der Waals surface area contributed by atoms with E-state index in [1.165, 1.54) is 30.6 Å². The number of nitro benzene ring substituents is 1. The third kappa shape index (κ3) is 4.65. The van der Waals surface area contributed by atoms with Crippen LogP contribution in [0.3, 0.4) is 0 Å². The van der Waals surface area contributed by atoms with Gasteiger partial charge >= 0.3 is 5.97 Å². The molecular formula is C20H17N3O7S. The van der Waals surface area contributed by atoms with E-state index in [1.807, 2.05) is 6.92 Å². The molecule has 31 heavy (non-hydrogen) atoms. The highest BCUT2D eigenvalue weighted by molar-refractivity contribution is 7.16. The van der Waals surface area contributed by atoms with Crippen molar-refractivity contribution < 1.29 is 28.7 Å². The Morgan fingerprint density at radius 2 is 2.06 bits per heavy atom. The Kier molecular flexibility index (Phi) is 6.52. The summed E-state index contributed by atoms with van der Waals surface area (Å²) in [5.41, 5.74) is -0.549. The molecule has 1 aliphatic rings. The van der Waals surface area contributed by atoms with Crippen LogP contribution in [0, 0.1) is 21.4 Å². The van der Waals surface area contributed by atoms with Crippen LogP contribution >= 0.6 is 11.3 Å². The van der Waals surface area contributed by atoms with E-state index in [0.29, 0.717) is 6.42 Å². The fourth-order valence-electron chi connectivity index (χ4n) is 2.86. The van der Waals surface area contributed by atoms with E-state index in [-0.39, 0.29) is 45.7 Å². The third-order valence-electron chi connectivity index (χ3n) is 4.30. The van der Waals surface area contributed by atoms with Crippen molar-refractivity contribution in [3.05, 3.63) is 49.9 Å². The van der Waals surface area contributed by atoms with Gasteiger partial charge in [-0.05, 0) is 24.6 Å². The molecule has 0 bridgehead atoms. The molecule has 1 N–H and O–H groups in total. The summed E-state index contributed by atoms with van der Waals surface area (Å²) in [7, 11) is 1.23. The van der Waals surface area contributed by atoms with E-state index >= 15 is 0 Å². The Labute approximate surface area is 180 Å². The highest BCUT2D eigenvalue weighted by atomic mass is 32.1. The van der Waals surface area contributed by atoms with Gasteiger partial charge in [-0.3, -0.25) is 14.9 Å². The summed E-state index contributed by atoms with van der Waals surface area (Å²) in [5, 5.41) is 23.7. The molecule has 1 aromatic heterocycles. The summed E-state index contributed by atoms with van der Waals surface area (Å²) >= 11 is 1.20. The van der Waals surface area contributed by atoms with E-state index in [4.69, 9.17) is 14.2 Å². The van der Waals surface area contributed by atoms with Crippen molar-refractivity contribution in [2.45, 2.75) is 19.8 Å². The minimum Gasteiger partial charge on any atom is -0.465 e. The minimum absolute atomic E-state index is 0.00647. The highest BCUT2D eigenvalue weighted by Gasteiger charge is 2.24. The van der Waals surface area contributed by atoms with Crippen LogP contribution < -0.4 is 14.8 Å². The van der Waals surface area contributed by atoms with Crippen molar-refractivity contribution in [1.29, 1.82) is 5.26 Å². The zero-order valence-corrected chi connectivity index (χ0v) is 17.4. The summed E-state index contributed by atoms with van der Waals surface area (Å²) in [5.74, 6) is -0.964. The number of fused-ring (bicyclic) bond motifs is 1. The molecule has 0 unspecified atom stereocenters. The monoisotopic (exact) mass is 443 g/mol. The van der Waals surface area contributed by atoms with Crippen LogP contribution in [-0.2, 0) is 16.0 Å². The third-order valence-corrected chi connectivity index (χ3v) is 5.41. The number of carbonyl (C=O) groups is 2. The summed E-state index contributed by atoms with van der Waals surface area (Å²) in [6.07, 6.45) is 2.63. The largest absolute Gasteiger partial charge is 0.465 e. The number of thiophene rings is 1. The summed E-state index contributed by atoms with van der Waals surface area (Å²) in [6.45, 7) is 1.89. The molecule has 1 aliphatic heterocycles. The fraction of sp³-hybridized carbons (Fsp3) is 0.250. The van der Waals surface area contributed by atoms with Crippen molar-refractivity contribution >= 4 is 40.0 Å². The van der Waals surface area contributed by atoms with Crippen molar-refractivity contribution in [3.63, 3.8) is 0 Å². The molecule has 1 aromatic carbocycles. The Balaban J connectivity index is 1.95. The molecule has 0 aliphatic carbocycles. The van der Waals surface area contributed by atoms with Crippen LogP contribution in [0.25, 0.3) is 6.08 Å². The van der Waals surface area contributed by atoms with Gasteiger partial charge in [0.05, 0.1) is 29.2 Å². The number of ether oxygens (including phenoxy) is 3. The number of amides is 1. The number of hydrogen-bond donors (Lipinski definition) is 1. The lowest BCUT2D eigenvalue weighted by Gasteiger charge is -2.05. The average molecular weight is 443 g/mol. The maximum Gasteiger partial charge on any atom is 0.340 e. The van der Waals surface area contributed by atoms with Gasteiger partial charge in [-0.25, -0.2) is 4.79 Å². The van der Waals surface area contributed by atoms with Gasteiger partial charge in [0.2, 0.25) is 6.79 Å². The van der Waals surface area contributed by atoms with Gasteiger partial charge in [-0.15, -0.1) is 11.3 Å². The predicted molar refractivity (Wildman–Crippen MR) is 111 cm³/mol. The lowest BCUT2D eigenvalue weighted by Crippen LogP contribution is -2.15. The zero-order chi connectivity index (χ0) is 22.5. The second-order valence-electron chi connectivity index (χ2n) is 6.34. The number of esters is 1. The molecule has 0 radical (unpaired) electrons. The van der Waals surface area contributed by atoms with E-state index in [2.05, 4.69) is 5.32 Å². The van der Waals surface area contributed by atoms with Crippen molar-refractivity contribution in [3.8, 4) is 17.6 Å². The Hall–Kier alpha value is -3.91. The molecule has 10 nitrogen and oxygen atoms in total. The molecule has 0 saturated carbocycles. The molecule has 0 spiro atoms. The molecule has 0 saturated heterocycles. The summed E-state index contributed by atoms with van der Waals surface area (Å²) < 4.78 is 15.1. The lowest BCUT2D eigenvalue weighted by atomic mass is 10.1. The molecule has 11 heteroatoms. The number of hydrogen-bond acceptors (Lipinski definition) is 9. The predicted octanol–water partition coefficient (Wildman–Crippen LogP) is 3.67. The second kappa shape index (κ2) is 9.27. The molecule has 160 valence electrons. The molecule has 3 rings (SSSR count). The van der Waals surface area contributed by atoms with Gasteiger partial charge in [-0.2, -0.15) is 5.26 Å². The number of nitro groups is 1. The van der Waals surface area contributed by atoms with Crippen molar-refractivity contribution in [1.82, 2.24) is 0 Å². The van der Waals surface area contributed by atoms with Gasteiger partial charge in [0.15, 0.2) is 11.5 Å². The molecule has 1 amide bonds. The van der Waals surface area contributed by atoms with Gasteiger partial charge in [0, 0.05) is 4.88 Å². The van der Waals surface area contributed by atoms with E-state index in [9.17, 15) is 25.0 Å².